The van der Waals surface area contributed by atoms with E-state index in [1.54, 1.807) is 21.3 Å². The molecule has 0 saturated carbocycles. The summed E-state index contributed by atoms with van der Waals surface area (Å²) in [5, 5.41) is 2.34. The number of aryl methyl sites for hydroxylation is 1. The van der Waals surface area contributed by atoms with Crippen LogP contribution in [0.25, 0.3) is 21.8 Å². The molecule has 2 N–H and O–H groups in total. The third-order valence-corrected chi connectivity index (χ3v) is 7.68. The van der Waals surface area contributed by atoms with Crippen molar-refractivity contribution in [1.29, 1.82) is 0 Å². The maximum atomic E-state index is 11.8. The molecular weight excluding hydrogens is 518 g/mol. The van der Waals surface area contributed by atoms with Crippen LogP contribution in [0.4, 0.5) is 0 Å². The van der Waals surface area contributed by atoms with Crippen LogP contribution in [0.15, 0.2) is 67.0 Å². The number of methoxy groups -OCH3 is 3. The molecule has 0 aliphatic carbocycles. The number of aromatic nitrogens is 2. The fourth-order valence-electron chi connectivity index (χ4n) is 5.55. The highest BCUT2D eigenvalue weighted by atomic mass is 16.5. The van der Waals surface area contributed by atoms with Crippen LogP contribution in [0.3, 0.4) is 0 Å². The highest BCUT2D eigenvalue weighted by Gasteiger charge is 2.28. The van der Waals surface area contributed by atoms with Gasteiger partial charge in [0.2, 0.25) is 6.41 Å². The van der Waals surface area contributed by atoms with E-state index in [4.69, 9.17) is 18.9 Å². The van der Waals surface area contributed by atoms with Gasteiger partial charge in [-0.05, 0) is 97.5 Å². The van der Waals surface area contributed by atoms with Gasteiger partial charge in [-0.1, -0.05) is 0 Å². The first-order chi connectivity index (χ1) is 20.1. The summed E-state index contributed by atoms with van der Waals surface area (Å²) >= 11 is 0. The summed E-state index contributed by atoms with van der Waals surface area (Å²) in [6, 6.07) is 18.2. The zero-order valence-corrected chi connectivity index (χ0v) is 24.0. The van der Waals surface area contributed by atoms with E-state index < -0.39 is 0 Å². The second kappa shape index (κ2) is 12.7. The van der Waals surface area contributed by atoms with Gasteiger partial charge in [-0.3, -0.25) is 4.79 Å². The minimum Gasteiger partial charge on any atom is -0.497 e. The number of carbonyl (C=O) groups excluding carboxylic acids is 1. The molecule has 0 radical (unpaired) electrons. The summed E-state index contributed by atoms with van der Waals surface area (Å²) in [6.07, 6.45) is 7.43. The number of carbonyl (C=O) groups is 1. The predicted molar refractivity (Wildman–Crippen MR) is 161 cm³/mol. The number of fused-ring (bicyclic) bond motifs is 3. The Kier molecular flexibility index (Phi) is 8.67. The van der Waals surface area contributed by atoms with E-state index in [2.05, 4.69) is 34.4 Å². The van der Waals surface area contributed by atoms with E-state index in [9.17, 15) is 4.79 Å². The Labute approximate surface area is 240 Å². The van der Waals surface area contributed by atoms with Crippen molar-refractivity contribution < 1.29 is 23.7 Å². The van der Waals surface area contributed by atoms with Gasteiger partial charge in [0.25, 0.3) is 0 Å². The molecule has 1 aliphatic rings. The lowest BCUT2D eigenvalue weighted by atomic mass is 9.88. The van der Waals surface area contributed by atoms with Gasteiger partial charge in [-0.2, -0.15) is 0 Å². The summed E-state index contributed by atoms with van der Waals surface area (Å²) in [5.74, 6) is 3.22. The van der Waals surface area contributed by atoms with Gasteiger partial charge in [0.15, 0.2) is 11.5 Å². The number of benzene rings is 3. The minimum atomic E-state index is 0.00641. The molecule has 0 bridgehead atoms. The molecule has 3 heterocycles. The van der Waals surface area contributed by atoms with Crippen LogP contribution in [0.2, 0.25) is 0 Å². The molecule has 41 heavy (non-hydrogen) atoms. The highest BCUT2D eigenvalue weighted by Crippen LogP contribution is 2.40. The van der Waals surface area contributed by atoms with Crippen molar-refractivity contribution in [2.45, 2.75) is 32.2 Å². The van der Waals surface area contributed by atoms with E-state index in [1.807, 2.05) is 54.4 Å². The first-order valence-electron chi connectivity index (χ1n) is 13.9. The second-order valence-corrected chi connectivity index (χ2v) is 9.94. The van der Waals surface area contributed by atoms with Crippen LogP contribution in [0, 0.1) is 0 Å². The normalized spacial score (nSPS) is 14.2. The van der Waals surface area contributed by atoms with Crippen molar-refractivity contribution in [2.24, 2.45) is 0 Å². The zero-order valence-electron chi connectivity index (χ0n) is 24.0. The largest absolute Gasteiger partial charge is 0.497 e. The Bertz CT molecular complexity index is 1620. The molecule has 0 spiro atoms. The first kappa shape index (κ1) is 28.0. The lowest BCUT2D eigenvalue weighted by Crippen LogP contribution is -2.34. The molecule has 2 aromatic heterocycles. The van der Waals surface area contributed by atoms with Gasteiger partial charge < -0.3 is 33.8 Å². The molecular formula is C33H37N3O5. The lowest BCUT2D eigenvalue weighted by Gasteiger charge is -2.35. The van der Waals surface area contributed by atoms with Crippen molar-refractivity contribution in [3.8, 4) is 23.0 Å². The smallest absolute Gasteiger partial charge is 0.210 e. The Balaban J connectivity index is 0.000000255. The van der Waals surface area contributed by atoms with Gasteiger partial charge >= 0.3 is 0 Å². The van der Waals surface area contributed by atoms with Gasteiger partial charge in [-0.15, -0.1) is 0 Å². The van der Waals surface area contributed by atoms with Crippen molar-refractivity contribution in [2.75, 3.05) is 34.5 Å². The molecule has 1 atom stereocenters. The molecule has 0 fully saturated rings. The van der Waals surface area contributed by atoms with Crippen LogP contribution >= 0.6 is 0 Å². The molecule has 8 heteroatoms. The second-order valence-electron chi connectivity index (χ2n) is 9.94. The van der Waals surface area contributed by atoms with E-state index in [0.717, 1.165) is 70.7 Å². The average Bonchev–Trinajstić information content (AvgIpc) is 3.66. The number of nitrogens with one attached hydrogen (secondary N) is 2. The maximum absolute atomic E-state index is 11.8. The predicted octanol–water partition coefficient (Wildman–Crippen LogP) is 6.45. The van der Waals surface area contributed by atoms with Crippen LogP contribution in [0.1, 0.15) is 36.1 Å². The van der Waals surface area contributed by atoms with Gasteiger partial charge in [0.1, 0.15) is 11.5 Å². The van der Waals surface area contributed by atoms with E-state index in [1.165, 1.54) is 16.5 Å². The van der Waals surface area contributed by atoms with Gasteiger partial charge in [0, 0.05) is 40.7 Å². The lowest BCUT2D eigenvalue weighted by molar-refractivity contribution is -0.120. The Morgan fingerprint density at radius 3 is 2.41 bits per heavy atom. The molecule has 1 amide bonds. The molecule has 6 rings (SSSR count). The molecule has 8 nitrogen and oxygen atoms in total. The third kappa shape index (κ3) is 5.96. The number of ether oxygens (including phenoxy) is 4. The van der Waals surface area contributed by atoms with Crippen LogP contribution in [-0.2, 0) is 17.6 Å². The number of rotatable bonds is 9. The van der Waals surface area contributed by atoms with Gasteiger partial charge in [0.05, 0.1) is 34.0 Å². The van der Waals surface area contributed by atoms with Crippen LogP contribution in [0.5, 0.6) is 23.0 Å². The Morgan fingerprint density at radius 2 is 1.68 bits per heavy atom. The Hall–Kier alpha value is -4.59. The van der Waals surface area contributed by atoms with Crippen molar-refractivity contribution >= 4 is 28.2 Å². The highest BCUT2D eigenvalue weighted by molar-refractivity contribution is 5.84. The molecule has 5 aromatic rings. The van der Waals surface area contributed by atoms with E-state index >= 15 is 0 Å². The quantitative estimate of drug-likeness (QED) is 0.204. The maximum Gasteiger partial charge on any atom is 0.210 e. The van der Waals surface area contributed by atoms with E-state index in [-0.39, 0.29) is 6.04 Å². The monoisotopic (exact) mass is 555 g/mol. The molecule has 214 valence electrons. The number of aromatic amines is 2. The standard InChI is InChI=1S/C24H28N2O4.C9H9NO/c1-4-30-24-13-20-16(11-23(24)29-3)9-10-26(15-27)22(20)8-5-17-14-25-21-7-6-18(28-2)12-19(17)21;1-11-8-2-3-9-7(6-8)4-5-10-9/h6-7,11-15,22,25H,4-5,8-10H2,1-3H3;2-6,10H,1H3. The topological polar surface area (TPSA) is 88.8 Å². The molecule has 3 aromatic carbocycles. The summed E-state index contributed by atoms with van der Waals surface area (Å²) in [7, 11) is 5.01. The summed E-state index contributed by atoms with van der Waals surface area (Å²) < 4.78 is 21.8. The number of hydrogen-bond donors (Lipinski definition) is 2. The average molecular weight is 556 g/mol. The first-order valence-corrected chi connectivity index (χ1v) is 13.9. The van der Waals surface area contributed by atoms with Crippen molar-refractivity contribution in [1.82, 2.24) is 14.9 Å². The van der Waals surface area contributed by atoms with Gasteiger partial charge in [-0.25, -0.2) is 0 Å². The third-order valence-electron chi connectivity index (χ3n) is 7.68. The number of nitrogens with zero attached hydrogens (tertiary/aromatic N) is 1. The van der Waals surface area contributed by atoms with Crippen LogP contribution < -0.4 is 18.9 Å². The van der Waals surface area contributed by atoms with Crippen molar-refractivity contribution in [3.05, 3.63) is 83.7 Å². The number of hydrogen-bond acceptors (Lipinski definition) is 5. The molecule has 1 aliphatic heterocycles. The Morgan fingerprint density at radius 1 is 0.902 bits per heavy atom. The number of H-pyrrole nitrogens is 2. The summed E-state index contributed by atoms with van der Waals surface area (Å²) in [6.45, 7) is 3.23. The van der Waals surface area contributed by atoms with Crippen molar-refractivity contribution in [3.63, 3.8) is 0 Å². The van der Waals surface area contributed by atoms with E-state index in [0.29, 0.717) is 13.2 Å². The number of amides is 1. The summed E-state index contributed by atoms with van der Waals surface area (Å²) in [5.41, 5.74) is 5.82. The SMILES string of the molecule is CCOc1cc2c(cc1OC)CCN(C=O)C2CCc1c[nH]c2ccc(OC)cc12.COc1ccc2[nH]ccc2c1. The summed E-state index contributed by atoms with van der Waals surface area (Å²) in [4.78, 5) is 20.2. The van der Waals surface area contributed by atoms with Crippen LogP contribution in [-0.4, -0.2) is 55.8 Å². The minimum absolute atomic E-state index is 0.00641. The fraction of sp³-hybridized carbons (Fsp3) is 0.303. The molecule has 1 unspecified atom stereocenters. The fourth-order valence-corrected chi connectivity index (χ4v) is 5.55. The molecule has 0 saturated heterocycles. The zero-order chi connectivity index (χ0) is 28.8.